The van der Waals surface area contributed by atoms with Crippen LogP contribution < -0.4 is 5.32 Å². The van der Waals surface area contributed by atoms with Gasteiger partial charge in [-0.25, -0.2) is 0 Å². The van der Waals surface area contributed by atoms with Gasteiger partial charge in [0.25, 0.3) is 0 Å². The van der Waals surface area contributed by atoms with Gasteiger partial charge in [-0.2, -0.15) is 0 Å². The quantitative estimate of drug-likeness (QED) is 0.818. The second-order valence-corrected chi connectivity index (χ2v) is 5.27. The topological polar surface area (TPSA) is 24.9 Å². The Morgan fingerprint density at radius 1 is 1.27 bits per heavy atom. The summed E-state index contributed by atoms with van der Waals surface area (Å²) in [5, 5.41) is 3.53. The molecule has 0 aliphatic rings. The molecule has 1 N–H and O–H groups in total. The highest BCUT2D eigenvalue weighted by Gasteiger charge is 2.10. The molecule has 0 aromatic carbocycles. The number of aromatic nitrogens is 1. The van der Waals surface area contributed by atoms with E-state index in [9.17, 15) is 0 Å². The van der Waals surface area contributed by atoms with Crippen molar-refractivity contribution in [1.29, 1.82) is 0 Å². The second-order valence-electron chi connectivity index (χ2n) is 5.27. The van der Waals surface area contributed by atoms with Crippen molar-refractivity contribution in [3.8, 4) is 0 Å². The minimum absolute atomic E-state index is 0.408. The van der Waals surface area contributed by atoms with E-state index in [0.29, 0.717) is 11.5 Å². The SMILES string of the molecule is C[C@@H](NCCC(C)(C)C)c1ccncc1. The summed E-state index contributed by atoms with van der Waals surface area (Å²) in [6.07, 6.45) is 4.89. The van der Waals surface area contributed by atoms with Crippen molar-refractivity contribution in [3.63, 3.8) is 0 Å². The van der Waals surface area contributed by atoms with Gasteiger partial charge in [0.2, 0.25) is 0 Å². The normalized spacial score (nSPS) is 13.9. The van der Waals surface area contributed by atoms with Crippen molar-refractivity contribution in [1.82, 2.24) is 10.3 Å². The van der Waals surface area contributed by atoms with E-state index < -0.39 is 0 Å². The molecule has 0 amide bonds. The van der Waals surface area contributed by atoms with E-state index in [0.717, 1.165) is 6.54 Å². The van der Waals surface area contributed by atoms with Crippen molar-refractivity contribution in [3.05, 3.63) is 30.1 Å². The molecule has 0 saturated carbocycles. The van der Waals surface area contributed by atoms with E-state index in [1.54, 1.807) is 0 Å². The number of hydrogen-bond donors (Lipinski definition) is 1. The maximum atomic E-state index is 4.02. The fraction of sp³-hybridized carbons (Fsp3) is 0.615. The molecular formula is C13H22N2. The molecular weight excluding hydrogens is 184 g/mol. The zero-order chi connectivity index (χ0) is 11.3. The monoisotopic (exact) mass is 206 g/mol. The number of nitrogens with zero attached hydrogens (tertiary/aromatic N) is 1. The van der Waals surface area contributed by atoms with Crippen LogP contribution in [0.1, 0.15) is 45.7 Å². The molecule has 1 rings (SSSR count). The minimum Gasteiger partial charge on any atom is -0.310 e. The maximum Gasteiger partial charge on any atom is 0.0292 e. The summed E-state index contributed by atoms with van der Waals surface area (Å²) in [6.45, 7) is 10.1. The summed E-state index contributed by atoms with van der Waals surface area (Å²) in [7, 11) is 0. The van der Waals surface area contributed by atoms with E-state index in [1.165, 1.54) is 12.0 Å². The highest BCUT2D eigenvalue weighted by Crippen LogP contribution is 2.18. The molecule has 1 atom stereocenters. The Kier molecular flexibility index (Phi) is 4.28. The van der Waals surface area contributed by atoms with E-state index in [2.05, 4.69) is 50.1 Å². The van der Waals surface area contributed by atoms with Gasteiger partial charge in [-0.15, -0.1) is 0 Å². The van der Waals surface area contributed by atoms with Crippen LogP contribution in [0.4, 0.5) is 0 Å². The number of nitrogens with one attached hydrogen (secondary N) is 1. The summed E-state index contributed by atoms with van der Waals surface area (Å²) < 4.78 is 0. The first-order valence-corrected chi connectivity index (χ1v) is 5.62. The Balaban J connectivity index is 2.34. The van der Waals surface area contributed by atoms with E-state index >= 15 is 0 Å². The molecule has 0 bridgehead atoms. The van der Waals surface area contributed by atoms with Crippen LogP contribution in [0.3, 0.4) is 0 Å². The molecule has 1 aromatic rings. The van der Waals surface area contributed by atoms with Gasteiger partial charge in [0.15, 0.2) is 0 Å². The molecule has 0 aliphatic heterocycles. The molecule has 2 nitrogen and oxygen atoms in total. The number of hydrogen-bond acceptors (Lipinski definition) is 2. The summed E-state index contributed by atoms with van der Waals surface area (Å²) in [6, 6.07) is 4.54. The summed E-state index contributed by atoms with van der Waals surface area (Å²) in [5.41, 5.74) is 1.71. The summed E-state index contributed by atoms with van der Waals surface area (Å²) in [4.78, 5) is 4.02. The molecule has 0 saturated heterocycles. The number of rotatable bonds is 4. The predicted octanol–water partition coefficient (Wildman–Crippen LogP) is 3.17. The molecule has 0 fully saturated rings. The van der Waals surface area contributed by atoms with Crippen molar-refractivity contribution in [2.75, 3.05) is 6.54 Å². The highest BCUT2D eigenvalue weighted by molar-refractivity contribution is 5.13. The lowest BCUT2D eigenvalue weighted by Gasteiger charge is -2.20. The first kappa shape index (κ1) is 12.2. The lowest BCUT2D eigenvalue weighted by molar-refractivity contribution is 0.358. The smallest absolute Gasteiger partial charge is 0.0292 e. The molecule has 2 heteroatoms. The van der Waals surface area contributed by atoms with Crippen LogP contribution in [-0.4, -0.2) is 11.5 Å². The average Bonchev–Trinajstić information content (AvgIpc) is 2.17. The minimum atomic E-state index is 0.408. The Hall–Kier alpha value is -0.890. The van der Waals surface area contributed by atoms with Gasteiger partial charge in [-0.3, -0.25) is 4.98 Å². The lowest BCUT2D eigenvalue weighted by Crippen LogP contribution is -2.23. The van der Waals surface area contributed by atoms with E-state index in [1.807, 2.05) is 12.4 Å². The van der Waals surface area contributed by atoms with Gasteiger partial charge >= 0.3 is 0 Å². The molecule has 0 radical (unpaired) electrons. The van der Waals surface area contributed by atoms with Crippen LogP contribution in [0.5, 0.6) is 0 Å². The van der Waals surface area contributed by atoms with Gasteiger partial charge in [0.05, 0.1) is 0 Å². The standard InChI is InChI=1S/C13H22N2/c1-11(12-5-8-14-9-6-12)15-10-7-13(2,3)4/h5-6,8-9,11,15H,7,10H2,1-4H3/t11-/m1/s1. The van der Waals surface area contributed by atoms with Crippen molar-refractivity contribution in [2.45, 2.75) is 40.2 Å². The van der Waals surface area contributed by atoms with Gasteiger partial charge in [-0.1, -0.05) is 20.8 Å². The largest absolute Gasteiger partial charge is 0.310 e. The molecule has 0 aliphatic carbocycles. The van der Waals surface area contributed by atoms with Crippen molar-refractivity contribution < 1.29 is 0 Å². The van der Waals surface area contributed by atoms with Gasteiger partial charge in [0.1, 0.15) is 0 Å². The first-order chi connectivity index (χ1) is 6.99. The zero-order valence-corrected chi connectivity index (χ0v) is 10.2. The van der Waals surface area contributed by atoms with Crippen LogP contribution in [-0.2, 0) is 0 Å². The Labute approximate surface area is 93.1 Å². The first-order valence-electron chi connectivity index (χ1n) is 5.62. The van der Waals surface area contributed by atoms with Crippen molar-refractivity contribution in [2.24, 2.45) is 5.41 Å². The van der Waals surface area contributed by atoms with Crippen LogP contribution in [0.25, 0.3) is 0 Å². The molecule has 0 spiro atoms. The average molecular weight is 206 g/mol. The Morgan fingerprint density at radius 3 is 2.40 bits per heavy atom. The van der Waals surface area contributed by atoms with Crippen LogP contribution in [0, 0.1) is 5.41 Å². The summed E-state index contributed by atoms with van der Waals surface area (Å²) >= 11 is 0. The number of pyridine rings is 1. The van der Waals surface area contributed by atoms with Crippen LogP contribution in [0.15, 0.2) is 24.5 Å². The lowest BCUT2D eigenvalue weighted by atomic mass is 9.92. The second kappa shape index (κ2) is 5.26. The van der Waals surface area contributed by atoms with Gasteiger partial charge in [0, 0.05) is 18.4 Å². The highest BCUT2D eigenvalue weighted by atomic mass is 14.9. The maximum absolute atomic E-state index is 4.02. The van der Waals surface area contributed by atoms with Gasteiger partial charge < -0.3 is 5.32 Å². The fourth-order valence-electron chi connectivity index (χ4n) is 1.43. The Morgan fingerprint density at radius 2 is 1.87 bits per heavy atom. The predicted molar refractivity (Wildman–Crippen MR) is 64.7 cm³/mol. The van der Waals surface area contributed by atoms with Crippen molar-refractivity contribution >= 4 is 0 Å². The third-order valence-corrected chi connectivity index (χ3v) is 2.53. The Bertz CT molecular complexity index is 274. The zero-order valence-electron chi connectivity index (χ0n) is 10.2. The van der Waals surface area contributed by atoms with E-state index in [4.69, 9.17) is 0 Å². The third kappa shape index (κ3) is 4.93. The fourth-order valence-corrected chi connectivity index (χ4v) is 1.43. The molecule has 1 aromatic heterocycles. The van der Waals surface area contributed by atoms with Crippen LogP contribution >= 0.6 is 0 Å². The van der Waals surface area contributed by atoms with Gasteiger partial charge in [-0.05, 0) is 43.0 Å². The molecule has 0 unspecified atom stereocenters. The van der Waals surface area contributed by atoms with E-state index in [-0.39, 0.29) is 0 Å². The van der Waals surface area contributed by atoms with Crippen LogP contribution in [0.2, 0.25) is 0 Å². The summed E-state index contributed by atoms with van der Waals surface area (Å²) in [5.74, 6) is 0. The molecule has 84 valence electrons. The third-order valence-electron chi connectivity index (χ3n) is 2.53. The molecule has 15 heavy (non-hydrogen) atoms. The molecule has 1 heterocycles.